The van der Waals surface area contributed by atoms with Gasteiger partial charge in [0.2, 0.25) is 11.8 Å². The van der Waals surface area contributed by atoms with E-state index in [-0.39, 0.29) is 5.91 Å². The molecule has 0 unspecified atom stereocenters. The molecule has 2 atom stereocenters. The summed E-state index contributed by atoms with van der Waals surface area (Å²) in [7, 11) is 0. The lowest BCUT2D eigenvalue weighted by atomic mass is 9.86. The Kier molecular flexibility index (Phi) is 6.13. The fourth-order valence-corrected chi connectivity index (χ4v) is 3.75. The van der Waals surface area contributed by atoms with Crippen molar-refractivity contribution in [3.63, 3.8) is 0 Å². The zero-order valence-corrected chi connectivity index (χ0v) is 15.6. The molecule has 0 bridgehead atoms. The summed E-state index contributed by atoms with van der Waals surface area (Å²) >= 11 is 1.29. The first-order valence-electron chi connectivity index (χ1n) is 9.00. The van der Waals surface area contributed by atoms with Crippen LogP contribution in [0.25, 0.3) is 11.5 Å². The van der Waals surface area contributed by atoms with Crippen LogP contribution in [0.5, 0.6) is 0 Å². The Morgan fingerprint density at radius 2 is 2.00 bits per heavy atom. The number of nitrogens with one attached hydrogen (secondary N) is 1. The summed E-state index contributed by atoms with van der Waals surface area (Å²) in [6.07, 6.45) is 5.75. The number of aryl methyl sites for hydroxylation is 1. The van der Waals surface area contributed by atoms with E-state index < -0.39 is 0 Å². The zero-order valence-electron chi connectivity index (χ0n) is 14.8. The number of hydrogen-bond acceptors (Lipinski definition) is 5. The molecule has 0 radical (unpaired) electrons. The first-order valence-corrected chi connectivity index (χ1v) is 9.99. The molecule has 25 heavy (non-hydrogen) atoms. The smallest absolute Gasteiger partial charge is 0.277 e. The van der Waals surface area contributed by atoms with Crippen molar-refractivity contribution in [1.82, 2.24) is 15.5 Å². The number of amides is 1. The molecular weight excluding hydrogens is 334 g/mol. The average molecular weight is 359 g/mol. The third-order valence-corrected chi connectivity index (χ3v) is 5.62. The molecule has 1 aliphatic carbocycles. The Hall–Kier alpha value is -1.82. The minimum atomic E-state index is 0.0378. The summed E-state index contributed by atoms with van der Waals surface area (Å²) in [5, 5.41) is 11.7. The van der Waals surface area contributed by atoms with Gasteiger partial charge >= 0.3 is 0 Å². The molecule has 1 amide bonds. The molecule has 3 rings (SSSR count). The summed E-state index contributed by atoms with van der Waals surface area (Å²) in [4.78, 5) is 12.2. The van der Waals surface area contributed by atoms with Crippen LogP contribution >= 0.6 is 11.8 Å². The number of rotatable bonds is 6. The largest absolute Gasteiger partial charge is 0.411 e. The second-order valence-electron chi connectivity index (χ2n) is 6.65. The predicted octanol–water partition coefficient (Wildman–Crippen LogP) is 4.09. The molecule has 0 saturated heterocycles. The van der Waals surface area contributed by atoms with E-state index in [9.17, 15) is 4.79 Å². The molecule has 1 heterocycles. The van der Waals surface area contributed by atoms with Gasteiger partial charge in [-0.2, -0.15) is 0 Å². The van der Waals surface area contributed by atoms with Crippen molar-refractivity contribution in [2.45, 2.75) is 57.2 Å². The molecule has 1 aromatic heterocycles. The van der Waals surface area contributed by atoms with Crippen molar-refractivity contribution in [1.29, 1.82) is 0 Å². The van der Waals surface area contributed by atoms with Gasteiger partial charge in [0, 0.05) is 11.6 Å². The quantitative estimate of drug-likeness (QED) is 0.787. The predicted molar refractivity (Wildman–Crippen MR) is 99.4 cm³/mol. The number of hydrogen-bond donors (Lipinski definition) is 1. The number of benzene rings is 1. The lowest BCUT2D eigenvalue weighted by Gasteiger charge is -2.29. The molecule has 1 aliphatic rings. The van der Waals surface area contributed by atoms with Crippen LogP contribution < -0.4 is 5.32 Å². The molecule has 134 valence electrons. The highest BCUT2D eigenvalue weighted by molar-refractivity contribution is 7.99. The van der Waals surface area contributed by atoms with Crippen molar-refractivity contribution in [2.75, 3.05) is 5.75 Å². The van der Waals surface area contributed by atoms with Gasteiger partial charge in [-0.1, -0.05) is 50.6 Å². The van der Waals surface area contributed by atoms with Crippen molar-refractivity contribution in [2.24, 2.45) is 5.92 Å². The van der Waals surface area contributed by atoms with Crippen LogP contribution in [0.4, 0.5) is 0 Å². The van der Waals surface area contributed by atoms with E-state index in [4.69, 9.17) is 4.42 Å². The second kappa shape index (κ2) is 8.52. The SMILES string of the molecule is CCc1ccc(-c2nnc(SCC(=O)N[C@H]3CCCC[C@H]3C)o2)cc1. The van der Waals surface area contributed by atoms with Gasteiger partial charge in [-0.3, -0.25) is 4.79 Å². The van der Waals surface area contributed by atoms with Gasteiger partial charge in [0.1, 0.15) is 0 Å². The molecule has 0 aliphatic heterocycles. The lowest BCUT2D eigenvalue weighted by molar-refractivity contribution is -0.119. The monoisotopic (exact) mass is 359 g/mol. The van der Waals surface area contributed by atoms with Gasteiger partial charge in [-0.15, -0.1) is 10.2 Å². The minimum absolute atomic E-state index is 0.0378. The number of thioether (sulfide) groups is 1. The highest BCUT2D eigenvalue weighted by Crippen LogP contribution is 2.25. The van der Waals surface area contributed by atoms with Gasteiger partial charge in [0.25, 0.3) is 5.22 Å². The van der Waals surface area contributed by atoms with Crippen LogP contribution in [0.2, 0.25) is 0 Å². The van der Waals surface area contributed by atoms with Crippen LogP contribution in [0.1, 0.15) is 45.1 Å². The normalized spacial score (nSPS) is 20.4. The Labute approximate surface area is 153 Å². The molecule has 1 aromatic carbocycles. The molecular formula is C19H25N3O2S. The Balaban J connectivity index is 1.51. The number of carbonyl (C=O) groups excluding carboxylic acids is 1. The van der Waals surface area contributed by atoms with Crippen LogP contribution in [-0.2, 0) is 11.2 Å². The number of carbonyl (C=O) groups is 1. The molecule has 2 aromatic rings. The second-order valence-corrected chi connectivity index (χ2v) is 7.57. The van der Waals surface area contributed by atoms with E-state index in [0.29, 0.717) is 28.8 Å². The summed E-state index contributed by atoms with van der Waals surface area (Å²) in [6, 6.07) is 8.39. The van der Waals surface area contributed by atoms with Crippen LogP contribution in [0, 0.1) is 5.92 Å². The Morgan fingerprint density at radius 1 is 1.24 bits per heavy atom. The molecule has 5 nitrogen and oxygen atoms in total. The van der Waals surface area contributed by atoms with E-state index in [1.165, 1.54) is 36.6 Å². The maximum absolute atomic E-state index is 12.2. The molecule has 6 heteroatoms. The topological polar surface area (TPSA) is 68.0 Å². The van der Waals surface area contributed by atoms with Crippen LogP contribution in [-0.4, -0.2) is 27.9 Å². The van der Waals surface area contributed by atoms with Crippen LogP contribution in [0.3, 0.4) is 0 Å². The van der Waals surface area contributed by atoms with Crippen LogP contribution in [0.15, 0.2) is 33.9 Å². The van der Waals surface area contributed by atoms with Gasteiger partial charge in [0.15, 0.2) is 0 Å². The fraction of sp³-hybridized carbons (Fsp3) is 0.526. The van der Waals surface area contributed by atoms with E-state index >= 15 is 0 Å². The molecule has 1 fully saturated rings. The van der Waals surface area contributed by atoms with E-state index in [1.807, 2.05) is 12.1 Å². The van der Waals surface area contributed by atoms with E-state index in [2.05, 4.69) is 41.5 Å². The number of aromatic nitrogens is 2. The third kappa shape index (κ3) is 4.84. The van der Waals surface area contributed by atoms with Gasteiger partial charge in [0.05, 0.1) is 5.75 Å². The minimum Gasteiger partial charge on any atom is -0.411 e. The van der Waals surface area contributed by atoms with E-state index in [0.717, 1.165) is 18.4 Å². The molecule has 1 N–H and O–H groups in total. The Morgan fingerprint density at radius 3 is 2.72 bits per heavy atom. The average Bonchev–Trinajstić information content (AvgIpc) is 3.11. The summed E-state index contributed by atoms with van der Waals surface area (Å²) in [5.41, 5.74) is 2.17. The van der Waals surface area contributed by atoms with Gasteiger partial charge in [-0.25, -0.2) is 0 Å². The van der Waals surface area contributed by atoms with E-state index in [1.54, 1.807) is 0 Å². The Bertz CT molecular complexity index is 699. The maximum Gasteiger partial charge on any atom is 0.277 e. The highest BCUT2D eigenvalue weighted by Gasteiger charge is 2.23. The zero-order chi connectivity index (χ0) is 17.6. The van der Waals surface area contributed by atoms with Gasteiger partial charge < -0.3 is 9.73 Å². The third-order valence-electron chi connectivity index (χ3n) is 4.80. The van der Waals surface area contributed by atoms with Crippen molar-refractivity contribution >= 4 is 17.7 Å². The molecule has 1 saturated carbocycles. The molecule has 0 spiro atoms. The van der Waals surface area contributed by atoms with Crippen molar-refractivity contribution in [3.8, 4) is 11.5 Å². The fourth-order valence-electron chi connectivity index (χ4n) is 3.17. The standard InChI is InChI=1S/C19H25N3O2S/c1-3-14-8-10-15(11-9-14)18-21-22-19(24-18)25-12-17(23)20-16-7-5-4-6-13(16)2/h8-11,13,16H,3-7,12H2,1-2H3,(H,20,23)/t13-,16+/m1/s1. The first kappa shape index (κ1) is 18.0. The maximum atomic E-state index is 12.2. The van der Waals surface area contributed by atoms with Crippen molar-refractivity contribution in [3.05, 3.63) is 29.8 Å². The summed E-state index contributed by atoms with van der Waals surface area (Å²) in [5.74, 6) is 1.39. The highest BCUT2D eigenvalue weighted by atomic mass is 32.2. The van der Waals surface area contributed by atoms with Gasteiger partial charge in [-0.05, 0) is 42.9 Å². The summed E-state index contributed by atoms with van der Waals surface area (Å²) in [6.45, 7) is 4.33. The first-order chi connectivity index (χ1) is 12.2. The number of nitrogens with zero attached hydrogens (tertiary/aromatic N) is 2. The van der Waals surface area contributed by atoms with Crippen molar-refractivity contribution < 1.29 is 9.21 Å². The summed E-state index contributed by atoms with van der Waals surface area (Å²) < 4.78 is 5.67. The lowest BCUT2D eigenvalue weighted by Crippen LogP contribution is -2.41.